The van der Waals surface area contributed by atoms with Crippen LogP contribution in [0.4, 0.5) is 0 Å². The van der Waals surface area contributed by atoms with Gasteiger partial charge in [-0.15, -0.1) is 0 Å². The molecule has 0 saturated heterocycles. The minimum Gasteiger partial charge on any atom is -0.456 e. The quantitative estimate of drug-likeness (QED) is 0.0205. The molecule has 0 aliphatic rings. The van der Waals surface area contributed by atoms with Gasteiger partial charge in [-0.05, 0) is 70.3 Å². The maximum Gasteiger partial charge on any atom is 0.472 e. The average molecular weight is 1160 g/mol. The van der Waals surface area contributed by atoms with Crippen LogP contribution in [0.5, 0.6) is 0 Å². The number of hydrogen-bond acceptors (Lipinski definition) is 6. The van der Waals surface area contributed by atoms with Crippen LogP contribution in [0.3, 0.4) is 0 Å². The van der Waals surface area contributed by atoms with E-state index in [0.29, 0.717) is 23.9 Å². The molecule has 0 radical (unpaired) electrons. The molecule has 0 rings (SSSR count). The molecule has 3 unspecified atom stereocenters. The first-order valence-corrected chi connectivity index (χ1v) is 36.5. The van der Waals surface area contributed by atoms with Crippen molar-refractivity contribution in [2.45, 2.75) is 354 Å². The summed E-state index contributed by atoms with van der Waals surface area (Å²) in [6.45, 7) is 7.03. The highest BCUT2D eigenvalue weighted by Crippen LogP contribution is 2.43. The van der Waals surface area contributed by atoms with E-state index in [-0.39, 0.29) is 25.1 Å². The first-order valence-electron chi connectivity index (χ1n) is 35.0. The van der Waals surface area contributed by atoms with E-state index in [1.165, 1.54) is 238 Å². The molecule has 0 aromatic carbocycles. The maximum atomic E-state index is 13.6. The summed E-state index contributed by atoms with van der Waals surface area (Å²) < 4.78 is 30.8. The smallest absolute Gasteiger partial charge is 0.456 e. The van der Waals surface area contributed by atoms with Crippen molar-refractivity contribution >= 4 is 19.7 Å². The Bertz CT molecular complexity index is 1520. The highest BCUT2D eigenvalue weighted by Gasteiger charge is 2.30. The van der Waals surface area contributed by atoms with E-state index in [2.05, 4.69) is 62.5 Å². The zero-order valence-corrected chi connectivity index (χ0v) is 55.4. The van der Waals surface area contributed by atoms with Crippen molar-refractivity contribution in [2.75, 3.05) is 40.9 Å². The van der Waals surface area contributed by atoms with Crippen molar-refractivity contribution in [3.05, 3.63) is 48.6 Å². The lowest BCUT2D eigenvalue weighted by Gasteiger charge is -2.27. The van der Waals surface area contributed by atoms with Crippen molar-refractivity contribution in [1.82, 2.24) is 5.32 Å². The lowest BCUT2D eigenvalue weighted by atomic mass is 10.0. The SMILES string of the molecule is CCCCC/C=C\C/C=C\C/C=C\CCCCCCCCCCCCCCC(=O)OC(/C=C/CCCCCCCCCCC)C(COP(=O)(O)OCC[N+](C)(C)C)NC(=O)CCCCCCCCCCCCCCCCCCCCC. The fourth-order valence-electron chi connectivity index (χ4n) is 10.4. The number of allylic oxidation sites excluding steroid dienone is 7. The number of quaternary nitrogens is 1. The van der Waals surface area contributed by atoms with Gasteiger partial charge in [0.1, 0.15) is 19.3 Å². The second-order valence-electron chi connectivity index (χ2n) is 25.1. The van der Waals surface area contributed by atoms with Crippen LogP contribution in [0.15, 0.2) is 48.6 Å². The second-order valence-corrected chi connectivity index (χ2v) is 26.5. The molecule has 0 fully saturated rings. The fourth-order valence-corrected chi connectivity index (χ4v) is 11.1. The number of esters is 1. The number of ether oxygens (including phenoxy) is 1. The molecule has 0 aliphatic heterocycles. The maximum absolute atomic E-state index is 13.6. The molecule has 2 N–H and O–H groups in total. The lowest BCUT2D eigenvalue weighted by molar-refractivity contribution is -0.870. The molecule has 0 saturated carbocycles. The Morgan fingerprint density at radius 3 is 1.15 bits per heavy atom. The summed E-state index contributed by atoms with van der Waals surface area (Å²) in [6.07, 6.45) is 76.9. The van der Waals surface area contributed by atoms with Gasteiger partial charge in [-0.1, -0.05) is 307 Å². The Labute approximate surface area is 503 Å². The summed E-state index contributed by atoms with van der Waals surface area (Å²) in [5, 5.41) is 3.07. The molecular formula is C71H136N2O7P+. The number of carbonyl (C=O) groups excluding carboxylic acids is 2. The van der Waals surface area contributed by atoms with Gasteiger partial charge in [-0.25, -0.2) is 4.57 Å². The third-order valence-electron chi connectivity index (χ3n) is 15.8. The number of unbranched alkanes of at least 4 members (excludes halogenated alkanes) is 42. The van der Waals surface area contributed by atoms with Gasteiger partial charge in [0.25, 0.3) is 0 Å². The molecule has 10 heteroatoms. The van der Waals surface area contributed by atoms with Gasteiger partial charge >= 0.3 is 13.8 Å². The van der Waals surface area contributed by atoms with Crippen LogP contribution in [-0.4, -0.2) is 74.3 Å². The first-order chi connectivity index (χ1) is 39.4. The van der Waals surface area contributed by atoms with Gasteiger partial charge in [0.2, 0.25) is 5.91 Å². The van der Waals surface area contributed by atoms with Crippen molar-refractivity contribution in [3.8, 4) is 0 Å². The number of nitrogens with zero attached hydrogens (tertiary/aromatic N) is 1. The van der Waals surface area contributed by atoms with Gasteiger partial charge in [0, 0.05) is 12.8 Å². The van der Waals surface area contributed by atoms with Crippen LogP contribution in [0.25, 0.3) is 0 Å². The van der Waals surface area contributed by atoms with Gasteiger partial charge in [-0.3, -0.25) is 18.6 Å². The van der Waals surface area contributed by atoms with Crippen molar-refractivity contribution in [2.24, 2.45) is 0 Å². The zero-order chi connectivity index (χ0) is 59.3. The zero-order valence-electron chi connectivity index (χ0n) is 54.5. The summed E-state index contributed by atoms with van der Waals surface area (Å²) in [5.74, 6) is -0.491. The molecule has 0 spiro atoms. The summed E-state index contributed by atoms with van der Waals surface area (Å²) in [5.41, 5.74) is 0. The summed E-state index contributed by atoms with van der Waals surface area (Å²) in [7, 11) is 1.51. The predicted molar refractivity (Wildman–Crippen MR) is 351 cm³/mol. The van der Waals surface area contributed by atoms with E-state index < -0.39 is 20.0 Å². The monoisotopic (exact) mass is 1160 g/mol. The van der Waals surface area contributed by atoms with E-state index >= 15 is 0 Å². The molecule has 81 heavy (non-hydrogen) atoms. The molecule has 3 atom stereocenters. The van der Waals surface area contributed by atoms with E-state index in [9.17, 15) is 19.0 Å². The normalized spacial score (nSPS) is 13.8. The molecule has 0 aromatic heterocycles. The standard InChI is InChI=1S/C71H135N2O7P/c1-7-10-13-16-19-22-25-27-29-31-33-34-35-36-37-38-40-42-44-46-49-52-55-58-61-64-71(75)80-69(62-59-56-53-50-47-24-21-18-15-12-9-3)68(67-79-81(76,77)78-66-65-73(4,5)6)72-70(74)63-60-57-54-51-48-45-43-41-39-32-30-28-26-23-20-17-14-11-8-2/h19,22,27,29,33-34,59,62,68-69H,7-18,20-21,23-26,28,30-32,35-58,60-61,63-67H2,1-6H3,(H-,72,74,76,77)/p+1/b22-19-,29-27-,34-33-,62-59+. The number of nitrogens with one attached hydrogen (secondary N) is 1. The predicted octanol–water partition coefficient (Wildman–Crippen LogP) is 22.0. The van der Waals surface area contributed by atoms with Gasteiger partial charge in [0.05, 0.1) is 33.8 Å². The van der Waals surface area contributed by atoms with E-state index in [4.69, 9.17) is 13.8 Å². The van der Waals surface area contributed by atoms with Gasteiger partial charge in [0.15, 0.2) is 0 Å². The summed E-state index contributed by atoms with van der Waals surface area (Å²) >= 11 is 0. The van der Waals surface area contributed by atoms with Crippen molar-refractivity contribution < 1.29 is 37.3 Å². The molecule has 0 heterocycles. The number of phosphoric ester groups is 1. The topological polar surface area (TPSA) is 111 Å². The molecule has 0 aromatic rings. The molecule has 0 aliphatic carbocycles. The lowest BCUT2D eigenvalue weighted by Crippen LogP contribution is -2.47. The minimum absolute atomic E-state index is 0.0419. The number of amides is 1. The molecule has 9 nitrogen and oxygen atoms in total. The Hall–Kier alpha value is -2.03. The van der Waals surface area contributed by atoms with Crippen molar-refractivity contribution in [3.63, 3.8) is 0 Å². The number of carbonyl (C=O) groups is 2. The highest BCUT2D eigenvalue weighted by molar-refractivity contribution is 7.47. The van der Waals surface area contributed by atoms with Crippen molar-refractivity contribution in [1.29, 1.82) is 0 Å². The largest absolute Gasteiger partial charge is 0.472 e. The Morgan fingerprint density at radius 2 is 0.753 bits per heavy atom. The van der Waals surface area contributed by atoms with Crippen LogP contribution < -0.4 is 5.32 Å². The highest BCUT2D eigenvalue weighted by atomic mass is 31.2. The Kier molecular flexibility index (Phi) is 59.5. The van der Waals surface area contributed by atoms with Crippen LogP contribution in [0.2, 0.25) is 0 Å². The van der Waals surface area contributed by atoms with Gasteiger partial charge < -0.3 is 19.4 Å². The first kappa shape index (κ1) is 79.0. The van der Waals surface area contributed by atoms with Crippen LogP contribution in [-0.2, 0) is 27.9 Å². The number of rotatable bonds is 64. The third-order valence-corrected chi connectivity index (χ3v) is 16.8. The number of phosphoric acid groups is 1. The van der Waals surface area contributed by atoms with Crippen LogP contribution in [0.1, 0.15) is 342 Å². The second kappa shape index (κ2) is 61.1. The molecular weight excluding hydrogens is 1020 g/mol. The van der Waals surface area contributed by atoms with Crippen LogP contribution in [0, 0.1) is 0 Å². The van der Waals surface area contributed by atoms with Gasteiger partial charge in [-0.2, -0.15) is 0 Å². The Balaban J connectivity index is 5.02. The molecule has 476 valence electrons. The van der Waals surface area contributed by atoms with Crippen LogP contribution >= 0.6 is 7.82 Å². The van der Waals surface area contributed by atoms with E-state index in [1.54, 1.807) is 0 Å². The summed E-state index contributed by atoms with van der Waals surface area (Å²) in [4.78, 5) is 37.8. The number of hydrogen-bond donors (Lipinski definition) is 2. The Morgan fingerprint density at radius 1 is 0.432 bits per heavy atom. The number of likely N-dealkylation sites (N-methyl/N-ethyl adjacent to an activating group) is 1. The fraction of sp³-hybridized carbons (Fsp3) is 0.859. The molecule has 1 amide bonds. The minimum atomic E-state index is -4.45. The average Bonchev–Trinajstić information content (AvgIpc) is 3.43. The van der Waals surface area contributed by atoms with E-state index in [0.717, 1.165) is 70.6 Å². The summed E-state index contributed by atoms with van der Waals surface area (Å²) in [6, 6.07) is -0.846. The van der Waals surface area contributed by atoms with E-state index in [1.807, 2.05) is 33.3 Å². The molecule has 0 bridgehead atoms. The third kappa shape index (κ3) is 62.3.